The van der Waals surface area contributed by atoms with E-state index in [1.807, 2.05) is 0 Å². The molecule has 1 saturated carbocycles. The fourth-order valence-corrected chi connectivity index (χ4v) is 4.02. The van der Waals surface area contributed by atoms with Crippen LogP contribution in [0.2, 0.25) is 0 Å². The molecular weight excluding hydrogens is 232 g/mol. The van der Waals surface area contributed by atoms with E-state index < -0.39 is 0 Å². The smallest absolute Gasteiger partial charge is 0.0304 e. The highest BCUT2D eigenvalue weighted by Crippen LogP contribution is 2.29. The van der Waals surface area contributed by atoms with Crippen LogP contribution < -0.4 is 5.32 Å². The Balaban J connectivity index is 2.02. The molecule has 1 N–H and O–H groups in total. The van der Waals surface area contributed by atoms with Crippen LogP contribution in [0.3, 0.4) is 0 Å². The molecule has 1 saturated heterocycles. The number of nitrogens with one attached hydrogen (secondary N) is 1. The third kappa shape index (κ3) is 3.72. The maximum atomic E-state index is 3.84. The molecule has 0 aromatic rings. The Bertz CT molecular complexity index is 252. The summed E-state index contributed by atoms with van der Waals surface area (Å²) in [6.45, 7) is 9.57. The van der Waals surface area contributed by atoms with Crippen LogP contribution in [0, 0.1) is 0 Å². The van der Waals surface area contributed by atoms with Gasteiger partial charge in [-0.05, 0) is 32.6 Å². The predicted molar refractivity (Wildman–Crippen MR) is 83.6 cm³/mol. The Morgan fingerprint density at radius 3 is 2.16 bits per heavy atom. The summed E-state index contributed by atoms with van der Waals surface area (Å²) < 4.78 is 0. The second-order valence-corrected chi connectivity index (χ2v) is 6.89. The highest BCUT2D eigenvalue weighted by atomic mass is 15.3. The molecule has 1 atom stereocenters. The molecule has 2 nitrogen and oxygen atoms in total. The van der Waals surface area contributed by atoms with Gasteiger partial charge in [-0.15, -0.1) is 0 Å². The minimum atomic E-state index is 0.384. The average Bonchev–Trinajstić information content (AvgIpc) is 2.40. The predicted octanol–water partition coefficient (Wildman–Crippen LogP) is 3.95. The molecule has 0 aromatic carbocycles. The lowest BCUT2D eigenvalue weighted by Crippen LogP contribution is -2.65. The van der Waals surface area contributed by atoms with Gasteiger partial charge in [0.2, 0.25) is 0 Å². The largest absolute Gasteiger partial charge is 0.308 e. The van der Waals surface area contributed by atoms with Crippen molar-refractivity contribution in [3.8, 4) is 0 Å². The highest BCUT2D eigenvalue weighted by Gasteiger charge is 2.37. The molecule has 19 heavy (non-hydrogen) atoms. The topological polar surface area (TPSA) is 15.3 Å². The summed E-state index contributed by atoms with van der Waals surface area (Å²) in [5.74, 6) is 0. The van der Waals surface area contributed by atoms with E-state index in [1.54, 1.807) is 0 Å². The molecule has 2 aliphatic rings. The first kappa shape index (κ1) is 15.3. The zero-order chi connectivity index (χ0) is 13.7. The maximum Gasteiger partial charge on any atom is 0.0304 e. The van der Waals surface area contributed by atoms with E-state index in [0.29, 0.717) is 5.54 Å². The molecule has 1 unspecified atom stereocenters. The van der Waals surface area contributed by atoms with Crippen LogP contribution in [0.1, 0.15) is 78.6 Å². The quantitative estimate of drug-likeness (QED) is 0.832. The number of hydrogen-bond acceptors (Lipinski definition) is 2. The van der Waals surface area contributed by atoms with E-state index in [-0.39, 0.29) is 0 Å². The molecule has 0 spiro atoms. The summed E-state index contributed by atoms with van der Waals surface area (Å²) in [6.07, 6.45) is 12.7. The SMILES string of the molecule is CCC1(CC)CN(C2CCCCCCC2)C(C)CN1. The van der Waals surface area contributed by atoms with Crippen molar-refractivity contribution in [2.24, 2.45) is 0 Å². The summed E-state index contributed by atoms with van der Waals surface area (Å²) in [5, 5.41) is 3.84. The monoisotopic (exact) mass is 266 g/mol. The van der Waals surface area contributed by atoms with Gasteiger partial charge in [0.1, 0.15) is 0 Å². The van der Waals surface area contributed by atoms with E-state index in [0.717, 1.165) is 12.1 Å². The Morgan fingerprint density at radius 1 is 1.00 bits per heavy atom. The lowest BCUT2D eigenvalue weighted by Gasteiger charge is -2.50. The van der Waals surface area contributed by atoms with Crippen LogP contribution in [0.15, 0.2) is 0 Å². The summed E-state index contributed by atoms with van der Waals surface area (Å²) in [6, 6.07) is 1.57. The number of hydrogen-bond donors (Lipinski definition) is 1. The van der Waals surface area contributed by atoms with E-state index in [2.05, 4.69) is 31.0 Å². The molecule has 0 aromatic heterocycles. The molecular formula is C17H34N2. The van der Waals surface area contributed by atoms with E-state index >= 15 is 0 Å². The summed E-state index contributed by atoms with van der Waals surface area (Å²) in [4.78, 5) is 2.86. The first-order chi connectivity index (χ1) is 9.21. The standard InChI is InChI=1S/C17H34N2/c1-4-17(5-2)14-19(15(3)13-18-17)16-11-9-7-6-8-10-12-16/h15-16,18H,4-14H2,1-3H3. The second-order valence-electron chi connectivity index (χ2n) is 6.89. The van der Waals surface area contributed by atoms with Crippen LogP contribution >= 0.6 is 0 Å². The summed E-state index contributed by atoms with van der Waals surface area (Å²) >= 11 is 0. The Kier molecular flexibility index (Phi) is 5.70. The first-order valence-electron chi connectivity index (χ1n) is 8.71. The van der Waals surface area contributed by atoms with Crippen molar-refractivity contribution in [1.29, 1.82) is 0 Å². The third-order valence-electron chi connectivity index (χ3n) is 5.72. The lowest BCUT2D eigenvalue weighted by atomic mass is 9.86. The molecule has 1 heterocycles. The molecule has 1 aliphatic heterocycles. The third-order valence-corrected chi connectivity index (χ3v) is 5.72. The van der Waals surface area contributed by atoms with Crippen LogP contribution in [0.5, 0.6) is 0 Å². The molecule has 0 radical (unpaired) electrons. The van der Waals surface area contributed by atoms with Crippen molar-refractivity contribution in [2.45, 2.75) is 96.2 Å². The Labute approximate surface area is 120 Å². The normalized spacial score (nSPS) is 30.8. The first-order valence-corrected chi connectivity index (χ1v) is 8.71. The fraction of sp³-hybridized carbons (Fsp3) is 1.00. The highest BCUT2D eigenvalue weighted by molar-refractivity contribution is 4.97. The minimum absolute atomic E-state index is 0.384. The van der Waals surface area contributed by atoms with Gasteiger partial charge in [0.25, 0.3) is 0 Å². The van der Waals surface area contributed by atoms with Crippen LogP contribution in [0.4, 0.5) is 0 Å². The molecule has 112 valence electrons. The van der Waals surface area contributed by atoms with E-state index in [1.165, 1.54) is 70.9 Å². The molecule has 0 amide bonds. The summed E-state index contributed by atoms with van der Waals surface area (Å²) in [5.41, 5.74) is 0.384. The van der Waals surface area contributed by atoms with Crippen LogP contribution in [-0.2, 0) is 0 Å². The Hall–Kier alpha value is -0.0800. The van der Waals surface area contributed by atoms with Crippen molar-refractivity contribution >= 4 is 0 Å². The molecule has 0 bridgehead atoms. The van der Waals surface area contributed by atoms with Gasteiger partial charge in [0.15, 0.2) is 0 Å². The molecule has 1 aliphatic carbocycles. The zero-order valence-corrected chi connectivity index (χ0v) is 13.4. The van der Waals surface area contributed by atoms with E-state index in [4.69, 9.17) is 0 Å². The average molecular weight is 266 g/mol. The van der Waals surface area contributed by atoms with Crippen LogP contribution in [0.25, 0.3) is 0 Å². The molecule has 2 fully saturated rings. The molecule has 2 heteroatoms. The van der Waals surface area contributed by atoms with Crippen molar-refractivity contribution in [3.05, 3.63) is 0 Å². The van der Waals surface area contributed by atoms with Gasteiger partial charge >= 0.3 is 0 Å². The second kappa shape index (κ2) is 7.08. The van der Waals surface area contributed by atoms with Gasteiger partial charge < -0.3 is 5.32 Å². The van der Waals surface area contributed by atoms with Gasteiger partial charge in [-0.2, -0.15) is 0 Å². The maximum absolute atomic E-state index is 3.84. The lowest BCUT2D eigenvalue weighted by molar-refractivity contribution is 0.0342. The minimum Gasteiger partial charge on any atom is -0.308 e. The van der Waals surface area contributed by atoms with Crippen molar-refractivity contribution < 1.29 is 0 Å². The number of piperazine rings is 1. The zero-order valence-electron chi connectivity index (χ0n) is 13.4. The fourth-order valence-electron chi connectivity index (χ4n) is 4.02. The van der Waals surface area contributed by atoms with Gasteiger partial charge in [-0.3, -0.25) is 4.90 Å². The number of rotatable bonds is 3. The van der Waals surface area contributed by atoms with Crippen molar-refractivity contribution in [3.63, 3.8) is 0 Å². The number of nitrogens with zero attached hydrogens (tertiary/aromatic N) is 1. The van der Waals surface area contributed by atoms with Crippen molar-refractivity contribution in [2.75, 3.05) is 13.1 Å². The van der Waals surface area contributed by atoms with Gasteiger partial charge in [0, 0.05) is 30.7 Å². The Morgan fingerprint density at radius 2 is 1.58 bits per heavy atom. The van der Waals surface area contributed by atoms with Gasteiger partial charge in [-0.25, -0.2) is 0 Å². The molecule has 2 rings (SSSR count). The van der Waals surface area contributed by atoms with Gasteiger partial charge in [-0.1, -0.05) is 46.0 Å². The van der Waals surface area contributed by atoms with Crippen LogP contribution in [-0.4, -0.2) is 35.6 Å². The van der Waals surface area contributed by atoms with Crippen molar-refractivity contribution in [1.82, 2.24) is 10.2 Å². The summed E-state index contributed by atoms with van der Waals surface area (Å²) in [7, 11) is 0. The van der Waals surface area contributed by atoms with E-state index in [9.17, 15) is 0 Å². The van der Waals surface area contributed by atoms with Gasteiger partial charge in [0.05, 0.1) is 0 Å².